The summed E-state index contributed by atoms with van der Waals surface area (Å²) in [6.45, 7) is 3.35. The molecule has 0 aromatic heterocycles. The Morgan fingerprint density at radius 3 is 2.54 bits per heavy atom. The van der Waals surface area contributed by atoms with E-state index in [4.69, 9.17) is 4.74 Å². The average molecular weight is 186 g/mol. The molecule has 1 fully saturated rings. The standard InChI is InChI=1S/C10H18O3/c1-2-13-8-10(7-11)5-3-9(12)4-6-10/h11H,2-8H2,1H3. The molecule has 0 aromatic carbocycles. The maximum Gasteiger partial charge on any atom is 0.132 e. The maximum atomic E-state index is 11.0. The molecule has 0 saturated heterocycles. The van der Waals surface area contributed by atoms with Gasteiger partial charge < -0.3 is 9.84 Å². The van der Waals surface area contributed by atoms with Gasteiger partial charge in [-0.2, -0.15) is 0 Å². The average Bonchev–Trinajstić information content (AvgIpc) is 2.18. The molecule has 3 nitrogen and oxygen atoms in total. The third-order valence-corrected chi connectivity index (χ3v) is 2.82. The first-order chi connectivity index (χ1) is 6.22. The van der Waals surface area contributed by atoms with Gasteiger partial charge in [0.15, 0.2) is 0 Å². The molecule has 0 spiro atoms. The number of ether oxygens (including phenoxy) is 1. The Labute approximate surface area is 79.1 Å². The summed E-state index contributed by atoms with van der Waals surface area (Å²) in [6, 6.07) is 0. The second-order valence-corrected chi connectivity index (χ2v) is 3.83. The van der Waals surface area contributed by atoms with Gasteiger partial charge in [-0.05, 0) is 19.8 Å². The third kappa shape index (κ3) is 2.78. The van der Waals surface area contributed by atoms with Crippen LogP contribution in [0.5, 0.6) is 0 Å². The number of ketones is 1. The Morgan fingerprint density at radius 1 is 1.46 bits per heavy atom. The molecule has 0 heterocycles. The Balaban J connectivity index is 2.44. The molecular formula is C10H18O3. The fourth-order valence-corrected chi connectivity index (χ4v) is 1.73. The van der Waals surface area contributed by atoms with Gasteiger partial charge in [-0.25, -0.2) is 0 Å². The highest BCUT2D eigenvalue weighted by atomic mass is 16.5. The molecule has 0 atom stereocenters. The van der Waals surface area contributed by atoms with Gasteiger partial charge in [0, 0.05) is 24.9 Å². The van der Waals surface area contributed by atoms with Gasteiger partial charge in [0.05, 0.1) is 13.2 Å². The predicted octanol–water partition coefficient (Wildman–Crippen LogP) is 1.14. The van der Waals surface area contributed by atoms with E-state index in [9.17, 15) is 9.90 Å². The lowest BCUT2D eigenvalue weighted by Gasteiger charge is -2.34. The van der Waals surface area contributed by atoms with Crippen molar-refractivity contribution in [3.8, 4) is 0 Å². The van der Waals surface area contributed by atoms with E-state index in [1.54, 1.807) is 0 Å². The van der Waals surface area contributed by atoms with E-state index >= 15 is 0 Å². The van der Waals surface area contributed by atoms with Crippen LogP contribution >= 0.6 is 0 Å². The highest BCUT2D eigenvalue weighted by Gasteiger charge is 2.34. The molecule has 0 amide bonds. The van der Waals surface area contributed by atoms with Gasteiger partial charge in [0.2, 0.25) is 0 Å². The van der Waals surface area contributed by atoms with Gasteiger partial charge in [0.1, 0.15) is 5.78 Å². The molecule has 0 aromatic rings. The smallest absolute Gasteiger partial charge is 0.132 e. The number of aliphatic hydroxyl groups excluding tert-OH is 1. The van der Waals surface area contributed by atoms with Crippen LogP contribution in [-0.4, -0.2) is 30.7 Å². The highest BCUT2D eigenvalue weighted by molar-refractivity contribution is 5.79. The topological polar surface area (TPSA) is 46.5 Å². The molecule has 0 radical (unpaired) electrons. The first-order valence-electron chi connectivity index (χ1n) is 4.93. The molecule has 1 saturated carbocycles. The van der Waals surface area contributed by atoms with E-state index in [0.29, 0.717) is 31.8 Å². The summed E-state index contributed by atoms with van der Waals surface area (Å²) in [5, 5.41) is 9.26. The maximum absolute atomic E-state index is 11.0. The summed E-state index contributed by atoms with van der Waals surface area (Å²) in [7, 11) is 0. The van der Waals surface area contributed by atoms with E-state index < -0.39 is 0 Å². The lowest BCUT2D eigenvalue weighted by Crippen LogP contribution is -2.35. The molecule has 1 N–H and O–H groups in total. The largest absolute Gasteiger partial charge is 0.396 e. The van der Waals surface area contributed by atoms with Crippen molar-refractivity contribution >= 4 is 5.78 Å². The van der Waals surface area contributed by atoms with E-state index in [1.807, 2.05) is 6.92 Å². The minimum absolute atomic E-state index is 0.135. The van der Waals surface area contributed by atoms with Crippen LogP contribution in [-0.2, 0) is 9.53 Å². The molecule has 1 aliphatic carbocycles. The van der Waals surface area contributed by atoms with Gasteiger partial charge in [0.25, 0.3) is 0 Å². The van der Waals surface area contributed by atoms with Crippen LogP contribution in [0.25, 0.3) is 0 Å². The number of carbonyl (C=O) groups is 1. The zero-order valence-corrected chi connectivity index (χ0v) is 8.21. The fourth-order valence-electron chi connectivity index (χ4n) is 1.73. The lowest BCUT2D eigenvalue weighted by molar-refractivity contribution is -0.124. The Morgan fingerprint density at radius 2 is 2.08 bits per heavy atom. The van der Waals surface area contributed by atoms with Crippen molar-refractivity contribution in [2.24, 2.45) is 5.41 Å². The Hall–Kier alpha value is -0.410. The van der Waals surface area contributed by atoms with Crippen LogP contribution in [0.2, 0.25) is 0 Å². The van der Waals surface area contributed by atoms with Crippen LogP contribution in [0.15, 0.2) is 0 Å². The van der Waals surface area contributed by atoms with Gasteiger partial charge >= 0.3 is 0 Å². The molecule has 0 unspecified atom stereocenters. The van der Waals surface area contributed by atoms with E-state index in [2.05, 4.69) is 0 Å². The molecule has 13 heavy (non-hydrogen) atoms. The second kappa shape index (κ2) is 4.72. The number of rotatable bonds is 4. The predicted molar refractivity (Wildman–Crippen MR) is 49.5 cm³/mol. The summed E-state index contributed by atoms with van der Waals surface area (Å²) in [4.78, 5) is 11.0. The van der Waals surface area contributed by atoms with Crippen molar-refractivity contribution in [2.45, 2.75) is 32.6 Å². The minimum atomic E-state index is -0.135. The fraction of sp³-hybridized carbons (Fsp3) is 0.900. The molecule has 1 rings (SSSR count). The minimum Gasteiger partial charge on any atom is -0.396 e. The highest BCUT2D eigenvalue weighted by Crippen LogP contribution is 2.34. The lowest BCUT2D eigenvalue weighted by atomic mass is 9.75. The summed E-state index contributed by atoms with van der Waals surface area (Å²) < 4.78 is 5.33. The number of Topliss-reactive ketones (excluding diaryl/α,β-unsaturated/α-hetero) is 1. The molecular weight excluding hydrogens is 168 g/mol. The monoisotopic (exact) mass is 186 g/mol. The summed E-state index contributed by atoms with van der Waals surface area (Å²) in [5.74, 6) is 0.320. The number of hydrogen-bond donors (Lipinski definition) is 1. The number of hydrogen-bond acceptors (Lipinski definition) is 3. The van der Waals surface area contributed by atoms with Crippen LogP contribution < -0.4 is 0 Å². The van der Waals surface area contributed by atoms with Crippen molar-refractivity contribution in [1.29, 1.82) is 0 Å². The van der Waals surface area contributed by atoms with Crippen molar-refractivity contribution in [3.63, 3.8) is 0 Å². The third-order valence-electron chi connectivity index (χ3n) is 2.82. The zero-order chi connectivity index (χ0) is 9.73. The Kier molecular flexibility index (Phi) is 3.88. The summed E-state index contributed by atoms with van der Waals surface area (Å²) in [6.07, 6.45) is 2.77. The zero-order valence-electron chi connectivity index (χ0n) is 8.21. The summed E-state index contributed by atoms with van der Waals surface area (Å²) >= 11 is 0. The molecule has 76 valence electrons. The van der Waals surface area contributed by atoms with Crippen molar-refractivity contribution in [2.75, 3.05) is 19.8 Å². The van der Waals surface area contributed by atoms with Crippen LogP contribution in [0, 0.1) is 5.41 Å². The van der Waals surface area contributed by atoms with Crippen LogP contribution in [0.3, 0.4) is 0 Å². The first-order valence-corrected chi connectivity index (χ1v) is 4.93. The first kappa shape index (κ1) is 10.7. The number of aliphatic hydroxyl groups is 1. The van der Waals surface area contributed by atoms with Crippen molar-refractivity contribution in [3.05, 3.63) is 0 Å². The number of carbonyl (C=O) groups excluding carboxylic acids is 1. The van der Waals surface area contributed by atoms with Crippen molar-refractivity contribution < 1.29 is 14.6 Å². The SMILES string of the molecule is CCOCC1(CO)CCC(=O)CC1. The Bertz CT molecular complexity index is 167. The van der Waals surface area contributed by atoms with Crippen LogP contribution in [0.4, 0.5) is 0 Å². The van der Waals surface area contributed by atoms with Gasteiger partial charge in [-0.1, -0.05) is 0 Å². The van der Waals surface area contributed by atoms with E-state index in [0.717, 1.165) is 12.8 Å². The van der Waals surface area contributed by atoms with Gasteiger partial charge in [-0.15, -0.1) is 0 Å². The summed E-state index contributed by atoms with van der Waals surface area (Å²) in [5.41, 5.74) is -0.135. The van der Waals surface area contributed by atoms with E-state index in [1.165, 1.54) is 0 Å². The second-order valence-electron chi connectivity index (χ2n) is 3.83. The molecule has 1 aliphatic rings. The molecule has 0 aliphatic heterocycles. The quantitative estimate of drug-likeness (QED) is 0.716. The van der Waals surface area contributed by atoms with Crippen molar-refractivity contribution in [1.82, 2.24) is 0 Å². The van der Waals surface area contributed by atoms with E-state index in [-0.39, 0.29) is 12.0 Å². The normalized spacial score (nSPS) is 21.8. The molecule has 0 bridgehead atoms. The van der Waals surface area contributed by atoms with Gasteiger partial charge in [-0.3, -0.25) is 4.79 Å². The van der Waals surface area contributed by atoms with Crippen LogP contribution in [0.1, 0.15) is 32.6 Å². The molecule has 3 heteroatoms.